The highest BCUT2D eigenvalue weighted by molar-refractivity contribution is 5.92. The van der Waals surface area contributed by atoms with Gasteiger partial charge in [0.15, 0.2) is 0 Å². The van der Waals surface area contributed by atoms with Gasteiger partial charge in [-0.05, 0) is 13.8 Å². The number of carbonyl (C=O) groups is 2. The molecule has 11 nitrogen and oxygen atoms in total. The first kappa shape index (κ1) is 19.0. The van der Waals surface area contributed by atoms with Crippen molar-refractivity contribution < 1.29 is 23.9 Å². The monoisotopic (exact) mass is 364 g/mol. The van der Waals surface area contributed by atoms with Crippen molar-refractivity contribution in [3.8, 4) is 11.8 Å². The second kappa shape index (κ2) is 8.14. The maximum atomic E-state index is 12.3. The average molecular weight is 364 g/mol. The zero-order valence-corrected chi connectivity index (χ0v) is 15.1. The van der Waals surface area contributed by atoms with E-state index in [9.17, 15) is 9.59 Å². The van der Waals surface area contributed by atoms with Crippen molar-refractivity contribution in [2.24, 2.45) is 7.05 Å². The van der Waals surface area contributed by atoms with Gasteiger partial charge in [0.1, 0.15) is 5.56 Å². The molecule has 0 unspecified atom stereocenters. The molecule has 0 atom stereocenters. The summed E-state index contributed by atoms with van der Waals surface area (Å²) >= 11 is 0. The summed E-state index contributed by atoms with van der Waals surface area (Å²) in [5.41, 5.74) is 2.93. The van der Waals surface area contributed by atoms with Gasteiger partial charge in [-0.1, -0.05) is 0 Å². The largest absolute Gasteiger partial charge is 0.481 e. The highest BCUT2D eigenvalue weighted by Crippen LogP contribution is 2.18. The van der Waals surface area contributed by atoms with Crippen LogP contribution in [0.2, 0.25) is 0 Å². The second-order valence-electron chi connectivity index (χ2n) is 5.13. The van der Waals surface area contributed by atoms with Crippen LogP contribution in [0.1, 0.15) is 23.0 Å². The van der Waals surface area contributed by atoms with E-state index in [0.29, 0.717) is 11.6 Å². The molecular weight excluding hydrogens is 344 g/mol. The Hall–Kier alpha value is -3.37. The van der Waals surface area contributed by atoms with Gasteiger partial charge in [0, 0.05) is 25.9 Å². The molecule has 26 heavy (non-hydrogen) atoms. The molecule has 0 bridgehead atoms. The summed E-state index contributed by atoms with van der Waals surface area (Å²) in [6.45, 7) is 3.63. The Bertz CT molecular complexity index is 806. The standard InChI is InChI=1S/C15H20N6O5/c1-6-25-13(22)10-8-16-21(4)12(10)26-19-15(23)20(3)14-17-9(2)7-11(18-14)24-5/h7-8H,6H2,1-5H3,(H,19,23). The fourth-order valence-corrected chi connectivity index (χ4v) is 1.93. The first-order valence-electron chi connectivity index (χ1n) is 7.66. The first-order chi connectivity index (χ1) is 12.4. The highest BCUT2D eigenvalue weighted by atomic mass is 16.7. The van der Waals surface area contributed by atoms with Crippen molar-refractivity contribution in [3.05, 3.63) is 23.5 Å². The number of nitrogens with one attached hydrogen (secondary N) is 1. The van der Waals surface area contributed by atoms with Crippen molar-refractivity contribution in [3.63, 3.8) is 0 Å². The molecule has 2 aromatic heterocycles. The van der Waals surface area contributed by atoms with Crippen LogP contribution in [0, 0.1) is 6.92 Å². The van der Waals surface area contributed by atoms with Gasteiger partial charge in [-0.25, -0.2) is 19.3 Å². The summed E-state index contributed by atoms with van der Waals surface area (Å²) in [6.07, 6.45) is 1.29. The highest BCUT2D eigenvalue weighted by Gasteiger charge is 2.22. The third-order valence-electron chi connectivity index (χ3n) is 3.25. The Labute approximate surface area is 149 Å². The van der Waals surface area contributed by atoms with Crippen LogP contribution >= 0.6 is 0 Å². The van der Waals surface area contributed by atoms with Crippen molar-refractivity contribution in [1.82, 2.24) is 25.2 Å². The number of amides is 2. The zero-order chi connectivity index (χ0) is 19.3. The van der Waals surface area contributed by atoms with Crippen molar-refractivity contribution in [2.75, 3.05) is 25.7 Å². The lowest BCUT2D eigenvalue weighted by molar-refractivity contribution is 0.0517. The van der Waals surface area contributed by atoms with Gasteiger partial charge in [0.25, 0.3) is 5.88 Å². The van der Waals surface area contributed by atoms with E-state index in [1.807, 2.05) is 0 Å². The van der Waals surface area contributed by atoms with E-state index in [1.54, 1.807) is 27.0 Å². The normalized spacial score (nSPS) is 10.2. The summed E-state index contributed by atoms with van der Waals surface area (Å²) in [5.74, 6) is -0.124. The second-order valence-corrected chi connectivity index (χ2v) is 5.13. The number of hydrogen-bond donors (Lipinski definition) is 1. The molecule has 0 saturated heterocycles. The minimum absolute atomic E-state index is 0.0351. The molecule has 0 radical (unpaired) electrons. The van der Waals surface area contributed by atoms with Crippen LogP contribution in [-0.4, -0.2) is 52.5 Å². The predicted molar refractivity (Wildman–Crippen MR) is 90.0 cm³/mol. The third kappa shape index (κ3) is 4.18. The number of aryl methyl sites for hydroxylation is 2. The average Bonchev–Trinajstić information content (AvgIpc) is 2.99. The quantitative estimate of drug-likeness (QED) is 0.591. The Balaban J connectivity index is 2.10. The van der Waals surface area contributed by atoms with Crippen molar-refractivity contribution in [1.29, 1.82) is 0 Å². The van der Waals surface area contributed by atoms with Gasteiger partial charge in [0.05, 0.1) is 19.9 Å². The van der Waals surface area contributed by atoms with Crippen LogP contribution < -0.4 is 20.0 Å². The van der Waals surface area contributed by atoms with Gasteiger partial charge in [-0.15, -0.1) is 0 Å². The van der Waals surface area contributed by atoms with E-state index < -0.39 is 12.0 Å². The van der Waals surface area contributed by atoms with Crippen LogP contribution in [0.25, 0.3) is 0 Å². The van der Waals surface area contributed by atoms with Gasteiger partial charge >= 0.3 is 12.0 Å². The number of carbonyl (C=O) groups excluding carboxylic acids is 2. The molecule has 11 heteroatoms. The number of urea groups is 1. The van der Waals surface area contributed by atoms with E-state index >= 15 is 0 Å². The molecule has 1 N–H and O–H groups in total. The van der Waals surface area contributed by atoms with Crippen LogP contribution in [0.3, 0.4) is 0 Å². The molecule has 2 amide bonds. The number of methoxy groups -OCH3 is 1. The third-order valence-corrected chi connectivity index (χ3v) is 3.25. The lowest BCUT2D eigenvalue weighted by Gasteiger charge is -2.17. The molecule has 0 saturated carbocycles. The molecule has 0 fully saturated rings. The van der Waals surface area contributed by atoms with Crippen LogP contribution in [0.15, 0.2) is 12.3 Å². The van der Waals surface area contributed by atoms with Crippen LogP contribution in [-0.2, 0) is 11.8 Å². The lowest BCUT2D eigenvalue weighted by Crippen LogP contribution is -2.40. The number of nitrogens with zero attached hydrogens (tertiary/aromatic N) is 5. The summed E-state index contributed by atoms with van der Waals surface area (Å²) in [5, 5.41) is 3.92. The van der Waals surface area contributed by atoms with E-state index in [2.05, 4.69) is 20.5 Å². The van der Waals surface area contributed by atoms with E-state index in [-0.39, 0.29) is 24.0 Å². The molecule has 0 aliphatic carbocycles. The van der Waals surface area contributed by atoms with Gasteiger partial charge in [0.2, 0.25) is 11.8 Å². The number of hydrogen-bond acceptors (Lipinski definition) is 8. The van der Waals surface area contributed by atoms with Gasteiger partial charge in [-0.3, -0.25) is 4.90 Å². The lowest BCUT2D eigenvalue weighted by atomic mass is 10.3. The maximum Gasteiger partial charge on any atom is 0.357 e. The number of rotatable bonds is 6. The molecule has 2 heterocycles. The Kier molecular flexibility index (Phi) is 5.94. The molecule has 0 aromatic carbocycles. The number of anilines is 1. The summed E-state index contributed by atoms with van der Waals surface area (Å²) < 4.78 is 11.3. The number of hydroxylamine groups is 1. The summed E-state index contributed by atoms with van der Waals surface area (Å²) in [6, 6.07) is 0.973. The predicted octanol–water partition coefficient (Wildman–Crippen LogP) is 0.844. The number of aromatic nitrogens is 4. The van der Waals surface area contributed by atoms with Gasteiger partial charge < -0.3 is 14.3 Å². The SMILES string of the molecule is CCOC(=O)c1cnn(C)c1ONC(=O)N(C)c1nc(C)cc(OC)n1. The summed E-state index contributed by atoms with van der Waals surface area (Å²) in [4.78, 5) is 38.8. The Morgan fingerprint density at radius 2 is 2.08 bits per heavy atom. The summed E-state index contributed by atoms with van der Waals surface area (Å²) in [7, 11) is 4.49. The molecule has 0 aliphatic rings. The molecule has 140 valence electrons. The smallest absolute Gasteiger partial charge is 0.357 e. The van der Waals surface area contributed by atoms with Crippen LogP contribution in [0.5, 0.6) is 11.8 Å². The molecular formula is C15H20N6O5. The maximum absolute atomic E-state index is 12.3. The first-order valence-corrected chi connectivity index (χ1v) is 7.66. The number of esters is 1. The minimum atomic E-state index is -0.659. The number of ether oxygens (including phenoxy) is 2. The molecule has 2 aromatic rings. The van der Waals surface area contributed by atoms with Crippen molar-refractivity contribution >= 4 is 17.9 Å². The van der Waals surface area contributed by atoms with E-state index in [0.717, 1.165) is 4.90 Å². The Morgan fingerprint density at radius 3 is 2.73 bits per heavy atom. The fourth-order valence-electron chi connectivity index (χ4n) is 1.93. The van der Waals surface area contributed by atoms with E-state index in [4.69, 9.17) is 14.3 Å². The molecule has 0 spiro atoms. The minimum Gasteiger partial charge on any atom is -0.481 e. The topological polar surface area (TPSA) is 121 Å². The zero-order valence-electron chi connectivity index (χ0n) is 15.1. The molecule has 0 aliphatic heterocycles. The van der Waals surface area contributed by atoms with E-state index in [1.165, 1.54) is 25.0 Å². The molecule has 2 rings (SSSR count). The Morgan fingerprint density at radius 1 is 1.35 bits per heavy atom. The van der Waals surface area contributed by atoms with Gasteiger partial charge in [-0.2, -0.15) is 15.6 Å². The van der Waals surface area contributed by atoms with Crippen LogP contribution in [0.4, 0.5) is 10.7 Å². The van der Waals surface area contributed by atoms with Crippen molar-refractivity contribution in [2.45, 2.75) is 13.8 Å². The fraction of sp³-hybridized carbons (Fsp3) is 0.400.